The van der Waals surface area contributed by atoms with E-state index in [2.05, 4.69) is 11.9 Å². The van der Waals surface area contributed by atoms with Crippen molar-refractivity contribution in [3.8, 4) is 6.07 Å². The number of nitrogens with one attached hydrogen (secondary N) is 1. The lowest BCUT2D eigenvalue weighted by Crippen LogP contribution is -2.54. The number of rotatable bonds is 5. The highest BCUT2D eigenvalue weighted by Gasteiger charge is 2.63. The van der Waals surface area contributed by atoms with Crippen molar-refractivity contribution >= 4 is 17.6 Å². The molecule has 0 saturated heterocycles. The number of carbonyl (C=O) groups excluding carboxylic acids is 2. The number of esters is 1. The van der Waals surface area contributed by atoms with Crippen LogP contribution in [0.2, 0.25) is 0 Å². The first-order valence-corrected chi connectivity index (χ1v) is 7.47. The number of benzene rings is 1. The minimum Gasteiger partial charge on any atom is -0.465 e. The maximum absolute atomic E-state index is 13.0. The second kappa shape index (κ2) is 5.88. The highest BCUT2D eigenvalue weighted by Crippen LogP contribution is 2.54. The van der Waals surface area contributed by atoms with Gasteiger partial charge in [0, 0.05) is 11.1 Å². The lowest BCUT2D eigenvalue weighted by Gasteiger charge is -2.42. The number of hydrogen-bond donors (Lipinski definition) is 1. The molecule has 0 aromatic heterocycles. The summed E-state index contributed by atoms with van der Waals surface area (Å²) >= 11 is 0. The molecule has 0 spiro atoms. The molecule has 0 saturated carbocycles. The Morgan fingerprint density at radius 2 is 2.17 bits per heavy atom. The summed E-state index contributed by atoms with van der Waals surface area (Å²) in [5.41, 5.74) is -0.991. The first-order chi connectivity index (χ1) is 10.9. The Morgan fingerprint density at radius 3 is 2.74 bits per heavy atom. The summed E-state index contributed by atoms with van der Waals surface area (Å²) in [6.45, 7) is 9.21. The van der Waals surface area contributed by atoms with Crippen LogP contribution in [-0.4, -0.2) is 18.5 Å². The van der Waals surface area contributed by atoms with Gasteiger partial charge in [0.15, 0.2) is 5.92 Å². The molecule has 1 unspecified atom stereocenters. The Labute approximate surface area is 135 Å². The third-order valence-corrected chi connectivity index (χ3v) is 4.57. The molecule has 1 aromatic rings. The predicted octanol–water partition coefficient (Wildman–Crippen LogP) is 2.79. The van der Waals surface area contributed by atoms with Crippen molar-refractivity contribution in [2.24, 2.45) is 11.3 Å². The number of carbonyl (C=O) groups is 2. The minimum absolute atomic E-state index is 0.144. The highest BCUT2D eigenvalue weighted by atomic mass is 16.5. The van der Waals surface area contributed by atoms with Crippen LogP contribution in [0.5, 0.6) is 0 Å². The van der Waals surface area contributed by atoms with E-state index >= 15 is 0 Å². The normalized spacial score (nSPS) is 20.9. The van der Waals surface area contributed by atoms with Crippen LogP contribution < -0.4 is 5.32 Å². The fraction of sp³-hybridized carbons (Fsp3) is 0.389. The number of hydrogen-bond acceptors (Lipinski definition) is 4. The van der Waals surface area contributed by atoms with Gasteiger partial charge < -0.3 is 10.1 Å². The van der Waals surface area contributed by atoms with Crippen molar-refractivity contribution in [1.29, 1.82) is 5.26 Å². The Hall–Kier alpha value is -2.61. The van der Waals surface area contributed by atoms with Crippen LogP contribution in [0, 0.1) is 22.7 Å². The highest BCUT2D eigenvalue weighted by molar-refractivity contribution is 6.10. The van der Waals surface area contributed by atoms with Gasteiger partial charge in [-0.25, -0.2) is 0 Å². The van der Waals surface area contributed by atoms with E-state index in [1.807, 2.05) is 6.07 Å². The number of para-hydroxylation sites is 1. The first kappa shape index (κ1) is 16.8. The lowest BCUT2D eigenvalue weighted by atomic mass is 9.56. The summed E-state index contributed by atoms with van der Waals surface area (Å²) in [6, 6.07) is 9.10. The molecule has 2 atom stereocenters. The number of nitriles is 1. The van der Waals surface area contributed by atoms with E-state index in [-0.39, 0.29) is 12.5 Å². The Balaban J connectivity index is 2.79. The molecular weight excluding hydrogens is 292 g/mol. The van der Waals surface area contributed by atoms with E-state index < -0.39 is 22.7 Å². The van der Waals surface area contributed by atoms with E-state index in [0.717, 1.165) is 0 Å². The Morgan fingerprint density at radius 1 is 1.52 bits per heavy atom. The summed E-state index contributed by atoms with van der Waals surface area (Å²) in [7, 11) is 0. The lowest BCUT2D eigenvalue weighted by molar-refractivity contribution is -0.152. The second-order valence-corrected chi connectivity index (χ2v) is 6.05. The molecule has 5 heteroatoms. The van der Waals surface area contributed by atoms with Gasteiger partial charge in [-0.1, -0.05) is 38.1 Å². The van der Waals surface area contributed by atoms with Crippen LogP contribution in [0.15, 0.2) is 36.9 Å². The number of allylic oxidation sites excluding steroid dienone is 1. The van der Waals surface area contributed by atoms with Gasteiger partial charge in [-0.2, -0.15) is 5.26 Å². The van der Waals surface area contributed by atoms with E-state index in [1.165, 1.54) is 0 Å². The van der Waals surface area contributed by atoms with E-state index in [1.54, 1.807) is 51.1 Å². The molecule has 5 nitrogen and oxygen atoms in total. The zero-order valence-corrected chi connectivity index (χ0v) is 13.6. The van der Waals surface area contributed by atoms with E-state index in [9.17, 15) is 14.9 Å². The first-order valence-electron chi connectivity index (χ1n) is 7.47. The molecular formula is C18H20N2O3. The van der Waals surface area contributed by atoms with Crippen molar-refractivity contribution in [2.45, 2.75) is 26.2 Å². The topological polar surface area (TPSA) is 79.2 Å². The van der Waals surface area contributed by atoms with Crippen LogP contribution in [0.25, 0.3) is 0 Å². The predicted molar refractivity (Wildman–Crippen MR) is 86.5 cm³/mol. The maximum Gasteiger partial charge on any atom is 0.324 e. The SMILES string of the molecule is C=CC(C)(C)[C@@]1(C(C#N)C(=O)OCC)C(=O)Nc2ccccc21. The molecule has 1 N–H and O–H groups in total. The van der Waals surface area contributed by atoms with Gasteiger partial charge in [0.2, 0.25) is 5.91 Å². The zero-order chi connectivity index (χ0) is 17.3. The van der Waals surface area contributed by atoms with Gasteiger partial charge in [0.05, 0.1) is 12.7 Å². The van der Waals surface area contributed by atoms with Gasteiger partial charge >= 0.3 is 5.97 Å². The molecule has 120 valence electrons. The molecule has 1 aromatic carbocycles. The quantitative estimate of drug-likeness (QED) is 0.670. The average molecular weight is 312 g/mol. The van der Waals surface area contributed by atoms with E-state index in [4.69, 9.17) is 4.74 Å². The number of anilines is 1. The van der Waals surface area contributed by atoms with Crippen molar-refractivity contribution in [3.63, 3.8) is 0 Å². The van der Waals surface area contributed by atoms with E-state index in [0.29, 0.717) is 11.3 Å². The van der Waals surface area contributed by atoms with Crippen LogP contribution >= 0.6 is 0 Å². The molecule has 1 amide bonds. The Kier molecular flexibility index (Phi) is 4.28. The summed E-state index contributed by atoms with van der Waals surface area (Å²) in [5, 5.41) is 12.5. The largest absolute Gasteiger partial charge is 0.465 e. The number of ether oxygens (including phenoxy) is 1. The molecule has 2 rings (SSSR count). The minimum atomic E-state index is -1.38. The summed E-state index contributed by atoms with van der Waals surface area (Å²) in [6.07, 6.45) is 1.61. The summed E-state index contributed by atoms with van der Waals surface area (Å²) in [4.78, 5) is 25.4. The van der Waals surface area contributed by atoms with Gasteiger partial charge in [-0.15, -0.1) is 6.58 Å². The number of fused-ring (bicyclic) bond motifs is 1. The number of amides is 1. The monoisotopic (exact) mass is 312 g/mol. The van der Waals surface area contributed by atoms with Crippen molar-refractivity contribution < 1.29 is 14.3 Å². The Bertz CT molecular complexity index is 702. The third kappa shape index (κ3) is 2.22. The molecule has 1 aliphatic rings. The fourth-order valence-electron chi connectivity index (χ4n) is 3.29. The van der Waals surface area contributed by atoms with Crippen LogP contribution in [-0.2, 0) is 19.7 Å². The second-order valence-electron chi connectivity index (χ2n) is 6.05. The van der Waals surface area contributed by atoms with Crippen molar-refractivity contribution in [2.75, 3.05) is 11.9 Å². The van der Waals surface area contributed by atoms with Gasteiger partial charge in [-0.05, 0) is 18.6 Å². The molecule has 0 radical (unpaired) electrons. The standard InChI is InChI=1S/C18H20N2O3/c1-5-17(3,4)18(13(11-19)15(21)23-6-2)12-9-7-8-10-14(12)20-16(18)22/h5,7-10,13H,1,6H2,2-4H3,(H,20,22)/t13?,18-/m0/s1. The molecule has 1 aliphatic heterocycles. The van der Waals surface area contributed by atoms with Gasteiger partial charge in [0.25, 0.3) is 0 Å². The molecule has 0 aliphatic carbocycles. The molecule has 1 heterocycles. The maximum atomic E-state index is 13.0. The summed E-state index contributed by atoms with van der Waals surface area (Å²) in [5.74, 6) is -2.35. The fourth-order valence-corrected chi connectivity index (χ4v) is 3.29. The summed E-state index contributed by atoms with van der Waals surface area (Å²) < 4.78 is 5.06. The molecule has 0 bridgehead atoms. The van der Waals surface area contributed by atoms with Gasteiger partial charge in [0.1, 0.15) is 5.41 Å². The van der Waals surface area contributed by atoms with Crippen LogP contribution in [0.3, 0.4) is 0 Å². The molecule has 23 heavy (non-hydrogen) atoms. The third-order valence-electron chi connectivity index (χ3n) is 4.57. The van der Waals surface area contributed by atoms with Crippen molar-refractivity contribution in [3.05, 3.63) is 42.5 Å². The smallest absolute Gasteiger partial charge is 0.324 e. The van der Waals surface area contributed by atoms with Crippen molar-refractivity contribution in [1.82, 2.24) is 0 Å². The molecule has 0 fully saturated rings. The number of nitrogens with zero attached hydrogens (tertiary/aromatic N) is 1. The zero-order valence-electron chi connectivity index (χ0n) is 13.6. The van der Waals surface area contributed by atoms with Gasteiger partial charge in [-0.3, -0.25) is 9.59 Å². The average Bonchev–Trinajstić information content (AvgIpc) is 2.82. The van der Waals surface area contributed by atoms with Crippen LogP contribution in [0.1, 0.15) is 26.3 Å². The van der Waals surface area contributed by atoms with Crippen LogP contribution in [0.4, 0.5) is 5.69 Å².